The van der Waals surface area contributed by atoms with Gasteiger partial charge in [0.15, 0.2) is 5.54 Å². The van der Waals surface area contributed by atoms with Crippen molar-refractivity contribution in [1.29, 1.82) is 0 Å². The van der Waals surface area contributed by atoms with E-state index in [0.717, 1.165) is 22.6 Å². The van der Waals surface area contributed by atoms with Gasteiger partial charge in [-0.25, -0.2) is 0 Å². The fourth-order valence-electron chi connectivity index (χ4n) is 3.70. The summed E-state index contributed by atoms with van der Waals surface area (Å²) < 4.78 is 5.24. The molecule has 0 aliphatic heterocycles. The molecule has 0 amide bonds. The molecule has 0 aliphatic rings. The quantitative estimate of drug-likeness (QED) is 0.438. The first-order valence-electron chi connectivity index (χ1n) is 9.28. The Morgan fingerprint density at radius 1 is 0.929 bits per heavy atom. The monoisotopic (exact) mass is 376 g/mol. The van der Waals surface area contributed by atoms with E-state index < -0.39 is 11.6 Å². The molecule has 3 aromatic rings. The van der Waals surface area contributed by atoms with Crippen molar-refractivity contribution in [2.45, 2.75) is 24.9 Å². The van der Waals surface area contributed by atoms with Gasteiger partial charge < -0.3 is 10.1 Å². The highest BCUT2D eigenvalue weighted by Gasteiger charge is 2.48. The van der Waals surface area contributed by atoms with Crippen molar-refractivity contribution >= 4 is 5.69 Å². The van der Waals surface area contributed by atoms with Crippen LogP contribution in [-0.4, -0.2) is 18.1 Å². The van der Waals surface area contributed by atoms with Crippen molar-refractivity contribution in [3.8, 4) is 5.75 Å². The van der Waals surface area contributed by atoms with Crippen LogP contribution < -0.4 is 10.1 Å². The van der Waals surface area contributed by atoms with Crippen LogP contribution in [0.5, 0.6) is 5.75 Å². The highest BCUT2D eigenvalue weighted by atomic mass is 16.6. The number of ether oxygens (including phenoxy) is 1. The zero-order chi connectivity index (χ0) is 20.0. The van der Waals surface area contributed by atoms with Crippen LogP contribution in [0.4, 0.5) is 5.69 Å². The zero-order valence-corrected chi connectivity index (χ0v) is 16.0. The lowest BCUT2D eigenvalue weighted by atomic mass is 9.75. The van der Waals surface area contributed by atoms with E-state index in [-0.39, 0.29) is 4.92 Å². The number of hydrogen-bond donors (Lipinski definition) is 1. The minimum absolute atomic E-state index is 0.184. The standard InChI is InChI=1S/C23H24N2O3/c1-3-22(25(26)27)23(18-10-6-4-7-11-18,19-12-8-5-9-13-19)24-20-14-16-21(28-2)17-15-20/h4-17,22,24H,3H2,1-2H3. The van der Waals surface area contributed by atoms with Crippen LogP contribution in [-0.2, 0) is 5.54 Å². The number of rotatable bonds is 8. The van der Waals surface area contributed by atoms with E-state index in [1.54, 1.807) is 7.11 Å². The maximum absolute atomic E-state index is 12.2. The Labute approximate surface area is 165 Å². The zero-order valence-electron chi connectivity index (χ0n) is 16.0. The molecule has 0 saturated heterocycles. The van der Waals surface area contributed by atoms with Gasteiger partial charge in [0.05, 0.1) is 7.11 Å². The third-order valence-electron chi connectivity index (χ3n) is 5.03. The van der Waals surface area contributed by atoms with Crippen molar-refractivity contribution in [3.63, 3.8) is 0 Å². The second-order valence-electron chi connectivity index (χ2n) is 6.60. The predicted octanol–water partition coefficient (Wildman–Crippen LogP) is 5.11. The Hall–Kier alpha value is -3.34. The maximum atomic E-state index is 12.2. The second-order valence-corrected chi connectivity index (χ2v) is 6.60. The minimum Gasteiger partial charge on any atom is -0.497 e. The van der Waals surface area contributed by atoms with Crippen molar-refractivity contribution in [3.05, 3.63) is 106 Å². The van der Waals surface area contributed by atoms with Crippen LogP contribution >= 0.6 is 0 Å². The number of nitrogens with one attached hydrogen (secondary N) is 1. The molecule has 0 bridgehead atoms. The molecule has 1 unspecified atom stereocenters. The molecule has 144 valence electrons. The van der Waals surface area contributed by atoms with Crippen molar-refractivity contribution < 1.29 is 9.66 Å². The third-order valence-corrected chi connectivity index (χ3v) is 5.03. The van der Waals surface area contributed by atoms with Crippen LogP contribution in [0.2, 0.25) is 0 Å². The lowest BCUT2D eigenvalue weighted by Crippen LogP contribution is -2.51. The van der Waals surface area contributed by atoms with Gasteiger partial charge in [-0.1, -0.05) is 67.6 Å². The summed E-state index contributed by atoms with van der Waals surface area (Å²) >= 11 is 0. The van der Waals surface area contributed by atoms with Crippen LogP contribution in [0.25, 0.3) is 0 Å². The molecule has 3 aromatic carbocycles. The first-order valence-corrected chi connectivity index (χ1v) is 9.28. The van der Waals surface area contributed by atoms with E-state index in [2.05, 4.69) is 5.32 Å². The van der Waals surface area contributed by atoms with Gasteiger partial charge in [0.2, 0.25) is 6.04 Å². The summed E-state index contributed by atoms with van der Waals surface area (Å²) in [5, 5.41) is 15.7. The average molecular weight is 376 g/mol. The highest BCUT2D eigenvalue weighted by Crippen LogP contribution is 2.39. The lowest BCUT2D eigenvalue weighted by molar-refractivity contribution is -0.532. The van der Waals surface area contributed by atoms with Crippen molar-refractivity contribution in [1.82, 2.24) is 0 Å². The van der Waals surface area contributed by atoms with Gasteiger partial charge in [0, 0.05) is 17.0 Å². The number of anilines is 1. The normalized spacial score (nSPS) is 12.2. The van der Waals surface area contributed by atoms with E-state index in [4.69, 9.17) is 4.74 Å². The van der Waals surface area contributed by atoms with Gasteiger partial charge in [0.25, 0.3) is 0 Å². The Bertz CT molecular complexity index is 857. The predicted molar refractivity (Wildman–Crippen MR) is 111 cm³/mol. The Morgan fingerprint density at radius 2 is 1.43 bits per heavy atom. The number of benzene rings is 3. The number of hydrogen-bond acceptors (Lipinski definition) is 4. The SMILES string of the molecule is CCC([N+](=O)[O-])C(Nc1ccc(OC)cc1)(c1ccccc1)c1ccccc1. The molecule has 0 radical (unpaired) electrons. The first-order chi connectivity index (χ1) is 13.6. The Morgan fingerprint density at radius 3 is 1.82 bits per heavy atom. The summed E-state index contributed by atoms with van der Waals surface area (Å²) in [6, 6.07) is 25.8. The summed E-state index contributed by atoms with van der Waals surface area (Å²) in [5.74, 6) is 0.733. The van der Waals surface area contributed by atoms with E-state index in [9.17, 15) is 10.1 Å². The van der Waals surface area contributed by atoms with Gasteiger partial charge in [-0.05, 0) is 35.4 Å². The third kappa shape index (κ3) is 3.69. The van der Waals surface area contributed by atoms with Crippen molar-refractivity contribution in [2.24, 2.45) is 0 Å². The van der Waals surface area contributed by atoms with E-state index >= 15 is 0 Å². The van der Waals surface area contributed by atoms with Crippen molar-refractivity contribution in [2.75, 3.05) is 12.4 Å². The number of nitro groups is 1. The highest BCUT2D eigenvalue weighted by molar-refractivity contribution is 5.55. The molecule has 0 fully saturated rings. The fourth-order valence-corrected chi connectivity index (χ4v) is 3.70. The molecule has 0 aliphatic carbocycles. The Kier molecular flexibility index (Phi) is 5.94. The van der Waals surface area contributed by atoms with Gasteiger partial charge in [0.1, 0.15) is 5.75 Å². The molecule has 0 aromatic heterocycles. The van der Waals surface area contributed by atoms with E-state index in [1.807, 2.05) is 91.9 Å². The average Bonchev–Trinajstić information content (AvgIpc) is 2.75. The van der Waals surface area contributed by atoms with E-state index in [1.165, 1.54) is 0 Å². The maximum Gasteiger partial charge on any atom is 0.243 e. The molecule has 3 rings (SSSR count). The largest absolute Gasteiger partial charge is 0.497 e. The summed E-state index contributed by atoms with van der Waals surface area (Å²) in [6.45, 7) is 1.85. The topological polar surface area (TPSA) is 64.4 Å². The van der Waals surface area contributed by atoms with Gasteiger partial charge in [-0.3, -0.25) is 10.1 Å². The molecule has 5 nitrogen and oxygen atoms in total. The van der Waals surface area contributed by atoms with Gasteiger partial charge >= 0.3 is 0 Å². The molecule has 1 atom stereocenters. The van der Waals surface area contributed by atoms with Gasteiger partial charge in [-0.15, -0.1) is 0 Å². The number of methoxy groups -OCH3 is 1. The molecular formula is C23H24N2O3. The summed E-state index contributed by atoms with van der Waals surface area (Å²) in [7, 11) is 1.61. The molecular weight excluding hydrogens is 352 g/mol. The number of nitrogens with zero attached hydrogens (tertiary/aromatic N) is 1. The molecule has 0 saturated carbocycles. The smallest absolute Gasteiger partial charge is 0.243 e. The second kappa shape index (κ2) is 8.57. The molecule has 1 N–H and O–H groups in total. The first kappa shape index (κ1) is 19.4. The van der Waals surface area contributed by atoms with Crippen LogP contribution in [0.3, 0.4) is 0 Å². The summed E-state index contributed by atoms with van der Waals surface area (Å²) in [6.07, 6.45) is 0.375. The molecule has 5 heteroatoms. The van der Waals surface area contributed by atoms with Crippen LogP contribution in [0.15, 0.2) is 84.9 Å². The summed E-state index contributed by atoms with van der Waals surface area (Å²) in [5.41, 5.74) is 1.46. The van der Waals surface area contributed by atoms with Crippen LogP contribution in [0, 0.1) is 10.1 Å². The summed E-state index contributed by atoms with van der Waals surface area (Å²) in [4.78, 5) is 12.0. The molecule has 28 heavy (non-hydrogen) atoms. The molecule has 0 spiro atoms. The van der Waals surface area contributed by atoms with Crippen LogP contribution in [0.1, 0.15) is 24.5 Å². The lowest BCUT2D eigenvalue weighted by Gasteiger charge is -2.38. The fraction of sp³-hybridized carbons (Fsp3) is 0.217. The molecule has 0 heterocycles. The van der Waals surface area contributed by atoms with Gasteiger partial charge in [-0.2, -0.15) is 0 Å². The minimum atomic E-state index is -1.02. The Balaban J connectivity index is 2.24. The van der Waals surface area contributed by atoms with E-state index in [0.29, 0.717) is 6.42 Å².